The van der Waals surface area contributed by atoms with E-state index >= 15 is 0 Å². The predicted octanol–water partition coefficient (Wildman–Crippen LogP) is 2.79. The Balaban J connectivity index is 1.97. The smallest absolute Gasteiger partial charge is 0.158 e. The summed E-state index contributed by atoms with van der Waals surface area (Å²) in [6.45, 7) is 3.23. The van der Waals surface area contributed by atoms with Crippen LogP contribution < -0.4 is 5.32 Å². The van der Waals surface area contributed by atoms with Gasteiger partial charge in [-0.2, -0.15) is 5.10 Å². The molecule has 0 atom stereocenters. The van der Waals surface area contributed by atoms with Crippen LogP contribution in [0.2, 0.25) is 0 Å². The van der Waals surface area contributed by atoms with Crippen molar-refractivity contribution in [2.75, 3.05) is 11.9 Å². The highest BCUT2D eigenvalue weighted by Gasteiger charge is 2.13. The highest BCUT2D eigenvalue weighted by Crippen LogP contribution is 2.27. The molecular weight excluding hydrogens is 236 g/mol. The molecule has 1 aromatic carbocycles. The highest BCUT2D eigenvalue weighted by molar-refractivity contribution is 5.64. The lowest BCUT2D eigenvalue weighted by molar-refractivity contribution is 0.737. The summed E-state index contributed by atoms with van der Waals surface area (Å²) in [4.78, 5) is 4.65. The van der Waals surface area contributed by atoms with Gasteiger partial charge in [0.25, 0.3) is 0 Å². The van der Waals surface area contributed by atoms with Crippen LogP contribution in [0.5, 0.6) is 0 Å². The maximum absolute atomic E-state index is 4.65. The Labute approximate surface area is 113 Å². The first-order valence-electron chi connectivity index (χ1n) is 7.05. The van der Waals surface area contributed by atoms with Crippen LogP contribution in [0.3, 0.4) is 0 Å². The van der Waals surface area contributed by atoms with Crippen LogP contribution in [0.15, 0.2) is 18.2 Å². The van der Waals surface area contributed by atoms with Gasteiger partial charge in [-0.15, -0.1) is 0 Å². The van der Waals surface area contributed by atoms with Crippen molar-refractivity contribution in [1.82, 2.24) is 14.8 Å². The summed E-state index contributed by atoms with van der Waals surface area (Å²) in [7, 11) is 1.97. The minimum Gasteiger partial charge on any atom is -0.385 e. The monoisotopic (exact) mass is 256 g/mol. The van der Waals surface area contributed by atoms with Crippen LogP contribution in [0, 0.1) is 0 Å². The summed E-state index contributed by atoms with van der Waals surface area (Å²) >= 11 is 0. The fourth-order valence-electron chi connectivity index (χ4n) is 2.63. The molecule has 19 heavy (non-hydrogen) atoms. The van der Waals surface area contributed by atoms with Crippen molar-refractivity contribution in [3.8, 4) is 11.4 Å². The number of fused-ring (bicyclic) bond motifs is 1. The largest absolute Gasteiger partial charge is 0.385 e. The molecule has 1 N–H and O–H groups in total. The van der Waals surface area contributed by atoms with Crippen molar-refractivity contribution >= 4 is 5.69 Å². The van der Waals surface area contributed by atoms with Crippen LogP contribution >= 0.6 is 0 Å². The van der Waals surface area contributed by atoms with E-state index in [2.05, 4.69) is 40.5 Å². The maximum Gasteiger partial charge on any atom is 0.158 e. The van der Waals surface area contributed by atoms with Crippen LogP contribution in [-0.2, 0) is 19.9 Å². The topological polar surface area (TPSA) is 42.7 Å². The van der Waals surface area contributed by atoms with E-state index < -0.39 is 0 Å². The van der Waals surface area contributed by atoms with E-state index in [1.807, 2.05) is 11.7 Å². The van der Waals surface area contributed by atoms with Gasteiger partial charge in [-0.25, -0.2) is 9.67 Å². The first kappa shape index (κ1) is 12.2. The Morgan fingerprint density at radius 3 is 3.11 bits per heavy atom. The molecule has 0 fully saturated rings. The molecule has 4 nitrogen and oxygen atoms in total. The molecule has 0 bridgehead atoms. The quantitative estimate of drug-likeness (QED) is 0.918. The Morgan fingerprint density at radius 2 is 2.26 bits per heavy atom. The Morgan fingerprint density at radius 1 is 1.37 bits per heavy atom. The van der Waals surface area contributed by atoms with E-state index in [4.69, 9.17) is 0 Å². The molecule has 3 rings (SSSR count). The SMILES string of the molecule is CCCc1nc(-c2ccc3c(c2)CCCN3)n(C)n1. The van der Waals surface area contributed by atoms with Crippen molar-refractivity contribution in [3.63, 3.8) is 0 Å². The third kappa shape index (κ3) is 2.35. The van der Waals surface area contributed by atoms with Gasteiger partial charge < -0.3 is 5.32 Å². The van der Waals surface area contributed by atoms with Gasteiger partial charge in [-0.1, -0.05) is 6.92 Å². The minimum atomic E-state index is 0.941. The first-order chi connectivity index (χ1) is 9.28. The van der Waals surface area contributed by atoms with Crippen LogP contribution in [0.25, 0.3) is 11.4 Å². The molecule has 4 heteroatoms. The van der Waals surface area contributed by atoms with Gasteiger partial charge >= 0.3 is 0 Å². The summed E-state index contributed by atoms with van der Waals surface area (Å²) in [6, 6.07) is 6.55. The molecule has 0 aliphatic carbocycles. The number of anilines is 1. The van der Waals surface area contributed by atoms with Crippen molar-refractivity contribution in [2.45, 2.75) is 32.6 Å². The lowest BCUT2D eigenvalue weighted by Crippen LogP contribution is -2.11. The second-order valence-electron chi connectivity index (χ2n) is 5.13. The number of aryl methyl sites for hydroxylation is 3. The van der Waals surface area contributed by atoms with Crippen LogP contribution in [-0.4, -0.2) is 21.3 Å². The van der Waals surface area contributed by atoms with Crippen molar-refractivity contribution in [1.29, 1.82) is 0 Å². The summed E-state index contributed by atoms with van der Waals surface area (Å²) in [6.07, 6.45) is 4.38. The molecule has 0 saturated carbocycles. The zero-order valence-electron chi connectivity index (χ0n) is 11.6. The fourth-order valence-corrected chi connectivity index (χ4v) is 2.63. The lowest BCUT2D eigenvalue weighted by Gasteiger charge is -2.18. The standard InChI is InChI=1S/C15H20N4/c1-3-5-14-17-15(19(2)18-14)12-7-8-13-11(10-12)6-4-9-16-13/h7-8,10,16H,3-6,9H2,1-2H3. The zero-order chi connectivity index (χ0) is 13.2. The number of nitrogens with one attached hydrogen (secondary N) is 1. The number of rotatable bonds is 3. The Bertz CT molecular complexity index is 586. The van der Waals surface area contributed by atoms with Gasteiger partial charge in [-0.05, 0) is 43.0 Å². The van der Waals surface area contributed by atoms with E-state index in [0.29, 0.717) is 0 Å². The molecule has 0 radical (unpaired) electrons. The Hall–Kier alpha value is -1.84. The molecule has 100 valence electrons. The number of hydrogen-bond acceptors (Lipinski definition) is 3. The Kier molecular flexibility index (Phi) is 3.23. The third-order valence-electron chi connectivity index (χ3n) is 3.58. The number of benzene rings is 1. The number of aromatic nitrogens is 3. The van der Waals surface area contributed by atoms with Gasteiger partial charge in [0, 0.05) is 31.3 Å². The van der Waals surface area contributed by atoms with E-state index in [1.54, 1.807) is 0 Å². The lowest BCUT2D eigenvalue weighted by atomic mass is 10.0. The molecule has 1 aliphatic rings. The van der Waals surface area contributed by atoms with E-state index in [-0.39, 0.29) is 0 Å². The van der Waals surface area contributed by atoms with Gasteiger partial charge in [0.1, 0.15) is 0 Å². The third-order valence-corrected chi connectivity index (χ3v) is 3.58. The molecule has 0 saturated heterocycles. The van der Waals surface area contributed by atoms with Crippen molar-refractivity contribution < 1.29 is 0 Å². The molecule has 0 amide bonds. The number of hydrogen-bond donors (Lipinski definition) is 1. The molecule has 1 aromatic heterocycles. The summed E-state index contributed by atoms with van der Waals surface area (Å²) in [5.74, 6) is 1.91. The first-order valence-corrected chi connectivity index (χ1v) is 7.05. The van der Waals surface area contributed by atoms with E-state index in [0.717, 1.165) is 37.5 Å². The van der Waals surface area contributed by atoms with Gasteiger partial charge in [0.15, 0.2) is 11.6 Å². The van der Waals surface area contributed by atoms with Crippen LogP contribution in [0.4, 0.5) is 5.69 Å². The summed E-state index contributed by atoms with van der Waals surface area (Å²) in [5.41, 5.74) is 3.83. The molecule has 1 aliphatic heterocycles. The average Bonchev–Trinajstić information content (AvgIpc) is 2.79. The van der Waals surface area contributed by atoms with Gasteiger partial charge in [-0.3, -0.25) is 0 Å². The molecule has 2 heterocycles. The van der Waals surface area contributed by atoms with E-state index in [9.17, 15) is 0 Å². The second kappa shape index (κ2) is 5.03. The van der Waals surface area contributed by atoms with Gasteiger partial charge in [0.05, 0.1) is 0 Å². The van der Waals surface area contributed by atoms with E-state index in [1.165, 1.54) is 23.2 Å². The predicted molar refractivity (Wildman–Crippen MR) is 77.2 cm³/mol. The average molecular weight is 256 g/mol. The van der Waals surface area contributed by atoms with Crippen LogP contribution in [0.1, 0.15) is 31.2 Å². The van der Waals surface area contributed by atoms with Crippen molar-refractivity contribution in [3.05, 3.63) is 29.6 Å². The highest BCUT2D eigenvalue weighted by atomic mass is 15.3. The van der Waals surface area contributed by atoms with Gasteiger partial charge in [0.2, 0.25) is 0 Å². The summed E-state index contributed by atoms with van der Waals surface area (Å²) in [5, 5.41) is 7.92. The zero-order valence-corrected chi connectivity index (χ0v) is 11.6. The molecular formula is C15H20N4. The maximum atomic E-state index is 4.65. The summed E-state index contributed by atoms with van der Waals surface area (Å²) < 4.78 is 1.89. The normalized spacial score (nSPS) is 14.0. The second-order valence-corrected chi connectivity index (χ2v) is 5.13. The molecule has 0 spiro atoms. The number of nitrogens with zero attached hydrogens (tertiary/aromatic N) is 3. The minimum absolute atomic E-state index is 0.941. The van der Waals surface area contributed by atoms with Crippen molar-refractivity contribution in [2.24, 2.45) is 7.05 Å². The fraction of sp³-hybridized carbons (Fsp3) is 0.467. The molecule has 0 unspecified atom stereocenters. The molecule has 2 aromatic rings.